The van der Waals surface area contributed by atoms with E-state index in [0.717, 1.165) is 25.6 Å². The molecule has 6 heteroatoms. The fourth-order valence-corrected chi connectivity index (χ4v) is 3.27. The number of hydrogen-bond donors (Lipinski definition) is 2. The molecule has 1 unspecified atom stereocenters. The van der Waals surface area contributed by atoms with E-state index in [1.807, 2.05) is 6.07 Å². The first-order chi connectivity index (χ1) is 11.8. The normalized spacial score (nSPS) is 18.0. The van der Waals surface area contributed by atoms with Gasteiger partial charge in [0, 0.05) is 26.2 Å². The van der Waals surface area contributed by atoms with Gasteiger partial charge in [0.05, 0.1) is 13.2 Å². The molecule has 2 rings (SSSR count). The second-order valence-electron chi connectivity index (χ2n) is 6.20. The van der Waals surface area contributed by atoms with E-state index in [-0.39, 0.29) is 24.0 Å². The van der Waals surface area contributed by atoms with Crippen LogP contribution in [-0.2, 0) is 17.9 Å². The van der Waals surface area contributed by atoms with Gasteiger partial charge in [-0.05, 0) is 44.0 Å². The lowest BCUT2D eigenvalue weighted by Crippen LogP contribution is -2.44. The molecule has 1 atom stereocenters. The van der Waals surface area contributed by atoms with Gasteiger partial charge in [0.25, 0.3) is 0 Å². The van der Waals surface area contributed by atoms with E-state index in [0.29, 0.717) is 19.2 Å². The molecule has 0 bridgehead atoms. The summed E-state index contributed by atoms with van der Waals surface area (Å²) in [5.74, 6) is 0.896. The van der Waals surface area contributed by atoms with Crippen molar-refractivity contribution in [2.24, 2.45) is 4.99 Å². The highest BCUT2D eigenvalue weighted by Crippen LogP contribution is 2.15. The summed E-state index contributed by atoms with van der Waals surface area (Å²) in [6, 6.07) is 8.95. The first kappa shape index (κ1) is 22.2. The summed E-state index contributed by atoms with van der Waals surface area (Å²) in [6.45, 7) is 9.81. The minimum absolute atomic E-state index is 0. The van der Waals surface area contributed by atoms with Crippen molar-refractivity contribution in [2.45, 2.75) is 45.9 Å². The lowest BCUT2D eigenvalue weighted by atomic mass is 10.1. The largest absolute Gasteiger partial charge is 0.380 e. The van der Waals surface area contributed by atoms with Crippen molar-refractivity contribution in [1.29, 1.82) is 0 Å². The van der Waals surface area contributed by atoms with E-state index in [4.69, 9.17) is 9.73 Å². The number of halogens is 1. The number of likely N-dealkylation sites (tertiary alicyclic amines) is 1. The summed E-state index contributed by atoms with van der Waals surface area (Å²) < 4.78 is 5.28. The molecule has 1 heterocycles. The molecule has 0 aliphatic carbocycles. The van der Waals surface area contributed by atoms with Gasteiger partial charge in [-0.1, -0.05) is 31.2 Å². The lowest BCUT2D eigenvalue weighted by Gasteiger charge is -2.24. The van der Waals surface area contributed by atoms with Gasteiger partial charge in [0.2, 0.25) is 0 Å². The third kappa shape index (κ3) is 7.11. The van der Waals surface area contributed by atoms with E-state index in [9.17, 15) is 0 Å². The third-order valence-electron chi connectivity index (χ3n) is 4.58. The Kier molecular flexibility index (Phi) is 11.1. The summed E-state index contributed by atoms with van der Waals surface area (Å²) >= 11 is 0. The number of nitrogens with zero attached hydrogens (tertiary/aromatic N) is 2. The number of rotatable bonds is 8. The number of aliphatic imine (C=N–C) groups is 1. The van der Waals surface area contributed by atoms with Crippen LogP contribution in [0.25, 0.3) is 0 Å². The first-order valence-corrected chi connectivity index (χ1v) is 9.10. The second kappa shape index (κ2) is 12.5. The predicted molar refractivity (Wildman–Crippen MR) is 116 cm³/mol. The van der Waals surface area contributed by atoms with Crippen LogP contribution in [0.15, 0.2) is 29.3 Å². The number of methoxy groups -OCH3 is 1. The number of likely N-dealkylation sites (N-methyl/N-ethyl adjacent to an activating group) is 1. The molecule has 1 aromatic rings. The molecular formula is C19H33IN4O. The van der Waals surface area contributed by atoms with Gasteiger partial charge in [-0.3, -0.25) is 4.90 Å². The fraction of sp³-hybridized carbons (Fsp3) is 0.632. The number of ether oxygens (including phenoxy) is 1. The number of nitrogens with one attached hydrogen (secondary N) is 2. The Bertz CT molecular complexity index is 524. The summed E-state index contributed by atoms with van der Waals surface area (Å²) in [7, 11) is 1.73. The minimum atomic E-state index is 0. The maximum Gasteiger partial charge on any atom is 0.191 e. The van der Waals surface area contributed by atoms with Crippen LogP contribution in [0.4, 0.5) is 0 Å². The average Bonchev–Trinajstić information content (AvgIpc) is 3.06. The standard InChI is InChI=1S/C19H32N4O.HI/c1-4-20-19(22-14-18-11-8-12-23(18)5-2)21-13-16-9-6-7-10-17(16)15-24-3;/h6-7,9-10,18H,4-5,8,11-15H2,1-3H3,(H2,20,21,22);1H. The molecule has 1 fully saturated rings. The van der Waals surface area contributed by atoms with Crippen molar-refractivity contribution in [3.05, 3.63) is 35.4 Å². The van der Waals surface area contributed by atoms with Gasteiger partial charge < -0.3 is 15.4 Å². The Morgan fingerprint density at radius 2 is 2.00 bits per heavy atom. The first-order valence-electron chi connectivity index (χ1n) is 9.10. The lowest BCUT2D eigenvalue weighted by molar-refractivity contribution is 0.184. The van der Waals surface area contributed by atoms with Gasteiger partial charge in [-0.25, -0.2) is 4.99 Å². The molecule has 0 amide bonds. The maximum absolute atomic E-state index is 5.28. The van der Waals surface area contributed by atoms with E-state index in [2.05, 4.69) is 47.6 Å². The molecule has 0 spiro atoms. The van der Waals surface area contributed by atoms with Crippen molar-refractivity contribution in [2.75, 3.05) is 33.3 Å². The highest BCUT2D eigenvalue weighted by molar-refractivity contribution is 14.0. The van der Waals surface area contributed by atoms with E-state index in [1.165, 1.54) is 30.5 Å². The van der Waals surface area contributed by atoms with Crippen LogP contribution >= 0.6 is 24.0 Å². The topological polar surface area (TPSA) is 48.9 Å². The predicted octanol–water partition coefficient (Wildman–Crippen LogP) is 2.99. The van der Waals surface area contributed by atoms with Crippen LogP contribution < -0.4 is 10.6 Å². The molecule has 0 saturated carbocycles. The molecule has 1 aromatic carbocycles. The Morgan fingerprint density at radius 3 is 2.68 bits per heavy atom. The maximum atomic E-state index is 5.28. The molecular weight excluding hydrogens is 427 g/mol. The SMILES string of the molecule is CCNC(=NCc1ccccc1COC)NCC1CCCN1CC.I. The Labute approximate surface area is 169 Å². The van der Waals surface area contributed by atoms with Crippen molar-refractivity contribution < 1.29 is 4.74 Å². The molecule has 1 saturated heterocycles. The molecule has 1 aliphatic heterocycles. The van der Waals surface area contributed by atoms with E-state index >= 15 is 0 Å². The zero-order valence-electron chi connectivity index (χ0n) is 15.8. The molecule has 25 heavy (non-hydrogen) atoms. The Morgan fingerprint density at radius 1 is 1.24 bits per heavy atom. The Balaban J connectivity index is 0.00000312. The Hall–Kier alpha value is -0.860. The van der Waals surface area contributed by atoms with Crippen LogP contribution in [-0.4, -0.2) is 50.2 Å². The average molecular weight is 460 g/mol. The summed E-state index contributed by atoms with van der Waals surface area (Å²) in [5, 5.41) is 6.86. The van der Waals surface area contributed by atoms with Crippen molar-refractivity contribution >= 4 is 29.9 Å². The zero-order chi connectivity index (χ0) is 17.2. The highest BCUT2D eigenvalue weighted by atomic mass is 127. The fourth-order valence-electron chi connectivity index (χ4n) is 3.27. The van der Waals surface area contributed by atoms with Gasteiger partial charge in [-0.15, -0.1) is 24.0 Å². The molecule has 1 aliphatic rings. The molecule has 2 N–H and O–H groups in total. The van der Waals surface area contributed by atoms with Crippen LogP contribution in [0.1, 0.15) is 37.8 Å². The smallest absolute Gasteiger partial charge is 0.191 e. The number of hydrogen-bond acceptors (Lipinski definition) is 3. The van der Waals surface area contributed by atoms with Crippen LogP contribution in [0.3, 0.4) is 0 Å². The summed E-state index contributed by atoms with van der Waals surface area (Å²) in [5.41, 5.74) is 2.42. The van der Waals surface area contributed by atoms with Crippen LogP contribution in [0, 0.1) is 0 Å². The van der Waals surface area contributed by atoms with Gasteiger partial charge in [0.15, 0.2) is 5.96 Å². The van der Waals surface area contributed by atoms with Crippen LogP contribution in [0.5, 0.6) is 0 Å². The van der Waals surface area contributed by atoms with Crippen molar-refractivity contribution in [3.8, 4) is 0 Å². The molecule has 142 valence electrons. The van der Waals surface area contributed by atoms with Gasteiger partial charge in [0.1, 0.15) is 0 Å². The monoisotopic (exact) mass is 460 g/mol. The summed E-state index contributed by atoms with van der Waals surface area (Å²) in [6.07, 6.45) is 2.58. The summed E-state index contributed by atoms with van der Waals surface area (Å²) in [4.78, 5) is 7.30. The van der Waals surface area contributed by atoms with Gasteiger partial charge in [-0.2, -0.15) is 0 Å². The van der Waals surface area contributed by atoms with Gasteiger partial charge >= 0.3 is 0 Å². The highest BCUT2D eigenvalue weighted by Gasteiger charge is 2.22. The number of benzene rings is 1. The quantitative estimate of drug-likeness (QED) is 0.356. The van der Waals surface area contributed by atoms with Crippen LogP contribution in [0.2, 0.25) is 0 Å². The minimum Gasteiger partial charge on any atom is -0.380 e. The van der Waals surface area contributed by atoms with Crippen molar-refractivity contribution in [1.82, 2.24) is 15.5 Å². The number of guanidine groups is 1. The second-order valence-corrected chi connectivity index (χ2v) is 6.20. The molecule has 0 aromatic heterocycles. The molecule has 0 radical (unpaired) electrons. The van der Waals surface area contributed by atoms with E-state index in [1.54, 1.807) is 7.11 Å². The third-order valence-corrected chi connectivity index (χ3v) is 4.58. The van der Waals surface area contributed by atoms with E-state index < -0.39 is 0 Å². The zero-order valence-corrected chi connectivity index (χ0v) is 18.1. The van der Waals surface area contributed by atoms with Crippen molar-refractivity contribution in [3.63, 3.8) is 0 Å². The molecule has 5 nitrogen and oxygen atoms in total.